The minimum absolute atomic E-state index is 0.0933. The van der Waals surface area contributed by atoms with Gasteiger partial charge in [-0.3, -0.25) is 9.47 Å². The van der Waals surface area contributed by atoms with Crippen LogP contribution in [0.25, 0.3) is 0 Å². The number of aromatic nitrogens is 2. The number of amides is 2. The fourth-order valence-corrected chi connectivity index (χ4v) is 3.79. The average molecular weight is 400 g/mol. The molecule has 4 rings (SSSR count). The van der Waals surface area contributed by atoms with Gasteiger partial charge in [-0.05, 0) is 30.9 Å². The summed E-state index contributed by atoms with van der Waals surface area (Å²) in [7, 11) is 0. The monoisotopic (exact) mass is 400 g/mol. The van der Waals surface area contributed by atoms with Gasteiger partial charge in [0.05, 0.1) is 6.54 Å². The third-order valence-corrected chi connectivity index (χ3v) is 5.28. The summed E-state index contributed by atoms with van der Waals surface area (Å²) in [5, 5.41) is 13.8. The third kappa shape index (κ3) is 4.16. The number of piperazine rings is 1. The van der Waals surface area contributed by atoms with E-state index in [9.17, 15) is 14.9 Å². The van der Waals surface area contributed by atoms with Crippen molar-refractivity contribution >= 4 is 17.5 Å². The molecule has 1 aromatic heterocycles. The van der Waals surface area contributed by atoms with Crippen LogP contribution in [0.15, 0.2) is 30.5 Å². The van der Waals surface area contributed by atoms with E-state index in [2.05, 4.69) is 15.2 Å². The van der Waals surface area contributed by atoms with Gasteiger partial charge in [-0.1, -0.05) is 17.7 Å². The third-order valence-electron chi connectivity index (χ3n) is 5.28. The number of ether oxygens (including phenoxy) is 1. The van der Waals surface area contributed by atoms with E-state index in [1.54, 1.807) is 4.57 Å². The summed E-state index contributed by atoms with van der Waals surface area (Å²) >= 11 is 0. The Balaban J connectivity index is 1.27. The van der Waals surface area contributed by atoms with Gasteiger partial charge in [-0.25, -0.2) is 4.79 Å². The molecule has 29 heavy (non-hydrogen) atoms. The van der Waals surface area contributed by atoms with Crippen LogP contribution in [0.5, 0.6) is 6.01 Å². The second-order valence-electron chi connectivity index (χ2n) is 7.88. The Morgan fingerprint density at radius 2 is 1.97 bits per heavy atom. The highest BCUT2D eigenvalue weighted by Gasteiger charge is 2.42. The average Bonchev–Trinajstić information content (AvgIpc) is 3.19. The molecule has 2 aromatic rings. The van der Waals surface area contributed by atoms with E-state index in [0.29, 0.717) is 26.2 Å². The maximum absolute atomic E-state index is 12.5. The number of nitro groups is 1. The van der Waals surface area contributed by atoms with Gasteiger partial charge >= 0.3 is 17.9 Å². The molecule has 1 aromatic carbocycles. The number of hydrogen-bond acceptors (Lipinski definition) is 6. The molecule has 1 fully saturated rings. The van der Waals surface area contributed by atoms with Crippen LogP contribution in [-0.2, 0) is 6.54 Å². The van der Waals surface area contributed by atoms with Crippen LogP contribution in [-0.4, -0.2) is 68.6 Å². The number of aryl methyl sites for hydroxylation is 1. The summed E-state index contributed by atoms with van der Waals surface area (Å²) in [6.07, 6.45) is 1.41. The highest BCUT2D eigenvalue weighted by Crippen LogP contribution is 2.31. The van der Waals surface area contributed by atoms with Crippen molar-refractivity contribution in [2.24, 2.45) is 0 Å². The van der Waals surface area contributed by atoms with E-state index in [-0.39, 0.29) is 17.9 Å². The minimum atomic E-state index is -0.521. The van der Waals surface area contributed by atoms with Gasteiger partial charge in [0.2, 0.25) is 0 Å². The van der Waals surface area contributed by atoms with Crippen molar-refractivity contribution in [3.63, 3.8) is 0 Å². The number of fused-ring (bicyclic) bond motifs is 1. The van der Waals surface area contributed by atoms with Crippen LogP contribution in [0.3, 0.4) is 0 Å². The number of nitrogens with zero attached hydrogens (tertiary/aromatic N) is 5. The first kappa shape index (κ1) is 19.2. The van der Waals surface area contributed by atoms with Crippen molar-refractivity contribution in [3.05, 3.63) is 46.1 Å². The molecule has 0 bridgehead atoms. The van der Waals surface area contributed by atoms with Gasteiger partial charge < -0.3 is 25.1 Å². The lowest BCUT2D eigenvalue weighted by Crippen LogP contribution is -2.54. The Labute approximate surface area is 168 Å². The molecule has 0 aliphatic carbocycles. The van der Waals surface area contributed by atoms with Gasteiger partial charge in [-0.2, -0.15) is 0 Å². The molecular weight excluding hydrogens is 376 g/mol. The van der Waals surface area contributed by atoms with Gasteiger partial charge in [0.15, 0.2) is 0 Å². The highest BCUT2D eigenvalue weighted by molar-refractivity contribution is 5.89. The van der Waals surface area contributed by atoms with E-state index < -0.39 is 10.5 Å². The molecular formula is C19H24N6O4. The molecule has 10 nitrogen and oxygen atoms in total. The summed E-state index contributed by atoms with van der Waals surface area (Å²) in [4.78, 5) is 30.8. The predicted molar refractivity (Wildman–Crippen MR) is 106 cm³/mol. The smallest absolute Gasteiger partial charge is 0.415 e. The lowest BCUT2D eigenvalue weighted by Gasteiger charge is -2.37. The molecule has 154 valence electrons. The first-order valence-corrected chi connectivity index (χ1v) is 9.57. The van der Waals surface area contributed by atoms with Crippen LogP contribution in [0.2, 0.25) is 0 Å². The zero-order valence-corrected chi connectivity index (χ0v) is 16.5. The predicted octanol–water partition coefficient (Wildman–Crippen LogP) is 2.10. The number of carbonyl (C=O) groups excluding carboxylic acids is 1. The van der Waals surface area contributed by atoms with Gasteiger partial charge in [-0.15, -0.1) is 0 Å². The van der Waals surface area contributed by atoms with Crippen LogP contribution in [0, 0.1) is 17.0 Å². The highest BCUT2D eigenvalue weighted by atomic mass is 16.6. The molecule has 3 heterocycles. The Kier molecular flexibility index (Phi) is 4.87. The number of carbonyl (C=O) groups is 1. The number of anilines is 1. The fourth-order valence-electron chi connectivity index (χ4n) is 3.79. The Morgan fingerprint density at radius 1 is 1.28 bits per heavy atom. The Bertz CT molecular complexity index is 894. The van der Waals surface area contributed by atoms with Crippen molar-refractivity contribution in [1.82, 2.24) is 19.4 Å². The van der Waals surface area contributed by atoms with E-state index in [1.807, 2.05) is 43.0 Å². The molecule has 0 unspecified atom stereocenters. The molecule has 0 spiro atoms. The normalized spacial score (nSPS) is 21.5. The quantitative estimate of drug-likeness (QED) is 0.622. The molecule has 2 aliphatic heterocycles. The summed E-state index contributed by atoms with van der Waals surface area (Å²) in [6.45, 7) is 7.89. The van der Waals surface area contributed by atoms with Crippen molar-refractivity contribution in [2.75, 3.05) is 38.0 Å². The molecule has 1 atom stereocenters. The van der Waals surface area contributed by atoms with Crippen LogP contribution < -0.4 is 10.1 Å². The molecule has 2 aliphatic rings. The van der Waals surface area contributed by atoms with E-state index in [1.165, 1.54) is 6.20 Å². The fraction of sp³-hybridized carbons (Fsp3) is 0.474. The lowest BCUT2D eigenvalue weighted by molar-refractivity contribution is -0.389. The number of rotatable bonds is 4. The first-order chi connectivity index (χ1) is 13.8. The molecule has 0 radical (unpaired) electrons. The molecule has 1 saturated heterocycles. The largest absolute Gasteiger partial charge is 0.436 e. The lowest BCUT2D eigenvalue weighted by atomic mass is 10.1. The minimum Gasteiger partial charge on any atom is -0.436 e. The summed E-state index contributed by atoms with van der Waals surface area (Å²) in [6, 6.07) is 7.93. The van der Waals surface area contributed by atoms with Crippen molar-refractivity contribution in [3.8, 4) is 6.01 Å². The van der Waals surface area contributed by atoms with Gasteiger partial charge in [0.25, 0.3) is 0 Å². The summed E-state index contributed by atoms with van der Waals surface area (Å²) < 4.78 is 7.59. The zero-order valence-electron chi connectivity index (χ0n) is 16.5. The Morgan fingerprint density at radius 3 is 2.59 bits per heavy atom. The van der Waals surface area contributed by atoms with Crippen LogP contribution >= 0.6 is 0 Å². The first-order valence-electron chi connectivity index (χ1n) is 9.57. The zero-order chi connectivity index (χ0) is 20.6. The second kappa shape index (κ2) is 7.36. The summed E-state index contributed by atoms with van der Waals surface area (Å²) in [5.74, 6) is -0.199. The van der Waals surface area contributed by atoms with Crippen LogP contribution in [0.1, 0.15) is 12.5 Å². The molecule has 0 saturated carbocycles. The number of imidazole rings is 1. The molecule has 10 heteroatoms. The molecule has 2 amide bonds. The van der Waals surface area contributed by atoms with Gasteiger partial charge in [0.1, 0.15) is 11.8 Å². The molecule has 1 N–H and O–H groups in total. The number of benzene rings is 1. The van der Waals surface area contributed by atoms with E-state index in [4.69, 9.17) is 4.74 Å². The maximum Gasteiger partial charge on any atom is 0.415 e. The van der Waals surface area contributed by atoms with E-state index >= 15 is 0 Å². The van der Waals surface area contributed by atoms with Crippen molar-refractivity contribution < 1.29 is 14.5 Å². The Hall–Kier alpha value is -3.14. The topological polar surface area (TPSA) is 106 Å². The number of hydrogen-bond donors (Lipinski definition) is 1. The van der Waals surface area contributed by atoms with E-state index in [0.717, 1.165) is 24.3 Å². The van der Waals surface area contributed by atoms with Crippen molar-refractivity contribution in [1.29, 1.82) is 0 Å². The SMILES string of the molecule is Cc1ccc(NC(=O)N2CCN(C[C@@]3(C)Cn4cc([N+](=O)[O-])nc4O3)CC2)cc1. The van der Waals surface area contributed by atoms with Crippen molar-refractivity contribution in [2.45, 2.75) is 26.0 Å². The maximum atomic E-state index is 12.5. The van der Waals surface area contributed by atoms with Gasteiger partial charge in [0, 0.05) is 43.4 Å². The standard InChI is InChI=1S/C19H24N6O4/c1-14-3-5-15(6-4-14)20-17(26)23-9-7-22(8-10-23)12-19(2)13-24-11-16(25(27)28)21-18(24)29-19/h3-6,11H,7-10,12-13H2,1-2H3,(H,20,26)/t19-/m0/s1. The number of urea groups is 1. The summed E-state index contributed by atoms with van der Waals surface area (Å²) in [5.41, 5.74) is 1.44. The van der Waals surface area contributed by atoms with Crippen LogP contribution in [0.4, 0.5) is 16.3 Å². The number of nitrogens with one attached hydrogen (secondary N) is 1. The second-order valence-corrected chi connectivity index (χ2v) is 7.88.